The van der Waals surface area contributed by atoms with Crippen molar-refractivity contribution in [2.24, 2.45) is 0 Å². The van der Waals surface area contributed by atoms with Crippen molar-refractivity contribution in [1.82, 2.24) is 4.98 Å². The van der Waals surface area contributed by atoms with Crippen LogP contribution in [0.25, 0.3) is 11.1 Å². The zero-order chi connectivity index (χ0) is 13.3. The number of nitrogen functional groups attached to an aromatic ring is 1. The number of benzene rings is 1. The normalized spacial score (nSPS) is 10.4. The van der Waals surface area contributed by atoms with E-state index in [9.17, 15) is 4.79 Å². The molecule has 0 spiro atoms. The van der Waals surface area contributed by atoms with E-state index in [1.165, 1.54) is 0 Å². The average molecular weight is 302 g/mol. The van der Waals surface area contributed by atoms with Crippen LogP contribution in [0.4, 0.5) is 5.82 Å². The molecular formula is C12H7Cl3N2O. The quantitative estimate of drug-likeness (QED) is 0.671. The number of hydrogen-bond acceptors (Lipinski definition) is 3. The zero-order valence-corrected chi connectivity index (χ0v) is 11.2. The van der Waals surface area contributed by atoms with E-state index in [4.69, 9.17) is 40.5 Å². The highest BCUT2D eigenvalue weighted by atomic mass is 35.5. The Balaban J connectivity index is 2.65. The van der Waals surface area contributed by atoms with Crippen molar-refractivity contribution in [3.05, 3.63) is 45.0 Å². The second-order valence-corrected chi connectivity index (χ2v) is 4.73. The topological polar surface area (TPSA) is 56.0 Å². The summed E-state index contributed by atoms with van der Waals surface area (Å²) in [6, 6.07) is 6.52. The van der Waals surface area contributed by atoms with E-state index in [2.05, 4.69) is 4.98 Å². The number of pyridine rings is 1. The standard InChI is InChI=1S/C12H7Cl3N2O/c13-8-3-6(4-9(14)12(8)15)7-1-2-11(16)17-10(7)5-18/h1-5H,(H2,16,17). The monoisotopic (exact) mass is 300 g/mol. The van der Waals surface area contributed by atoms with Gasteiger partial charge in [0, 0.05) is 5.56 Å². The van der Waals surface area contributed by atoms with Crippen LogP contribution in [-0.2, 0) is 0 Å². The molecule has 3 nitrogen and oxygen atoms in total. The van der Waals surface area contributed by atoms with E-state index < -0.39 is 0 Å². The number of rotatable bonds is 2. The molecule has 1 heterocycles. The van der Waals surface area contributed by atoms with E-state index in [0.29, 0.717) is 27.5 Å². The first-order valence-corrected chi connectivity index (χ1v) is 6.03. The lowest BCUT2D eigenvalue weighted by Crippen LogP contribution is -1.97. The maximum atomic E-state index is 11.0. The Morgan fingerprint density at radius 1 is 1.11 bits per heavy atom. The van der Waals surface area contributed by atoms with Gasteiger partial charge in [0.25, 0.3) is 0 Å². The van der Waals surface area contributed by atoms with Crippen molar-refractivity contribution in [2.45, 2.75) is 0 Å². The van der Waals surface area contributed by atoms with Gasteiger partial charge in [0.2, 0.25) is 0 Å². The first kappa shape index (κ1) is 13.1. The summed E-state index contributed by atoms with van der Waals surface area (Å²) in [6.45, 7) is 0. The molecule has 0 bridgehead atoms. The molecule has 0 radical (unpaired) electrons. The number of carbonyl (C=O) groups is 1. The number of aldehydes is 1. The third-order valence-corrected chi connectivity index (χ3v) is 3.55. The van der Waals surface area contributed by atoms with Crippen molar-refractivity contribution in [1.29, 1.82) is 0 Å². The zero-order valence-electron chi connectivity index (χ0n) is 8.95. The van der Waals surface area contributed by atoms with Crippen molar-refractivity contribution in [2.75, 3.05) is 5.73 Å². The van der Waals surface area contributed by atoms with Gasteiger partial charge < -0.3 is 5.73 Å². The summed E-state index contributed by atoms with van der Waals surface area (Å²) < 4.78 is 0. The van der Waals surface area contributed by atoms with Gasteiger partial charge in [-0.1, -0.05) is 34.8 Å². The maximum Gasteiger partial charge on any atom is 0.169 e. The summed E-state index contributed by atoms with van der Waals surface area (Å²) >= 11 is 17.8. The third kappa shape index (κ3) is 2.43. The van der Waals surface area contributed by atoms with Crippen LogP contribution in [0.5, 0.6) is 0 Å². The second-order valence-electron chi connectivity index (χ2n) is 3.54. The predicted octanol–water partition coefficient (Wildman–Crippen LogP) is 4.10. The highest BCUT2D eigenvalue weighted by molar-refractivity contribution is 6.48. The lowest BCUT2D eigenvalue weighted by Gasteiger charge is -2.08. The molecule has 18 heavy (non-hydrogen) atoms. The molecule has 0 aliphatic carbocycles. The van der Waals surface area contributed by atoms with Crippen LogP contribution < -0.4 is 5.73 Å². The van der Waals surface area contributed by atoms with Gasteiger partial charge in [-0.05, 0) is 29.8 Å². The Labute approximate surface area is 118 Å². The van der Waals surface area contributed by atoms with Gasteiger partial charge in [0.15, 0.2) is 6.29 Å². The molecule has 0 saturated carbocycles. The summed E-state index contributed by atoms with van der Waals surface area (Å²) in [5, 5.41) is 0.902. The number of anilines is 1. The van der Waals surface area contributed by atoms with E-state index in [1.54, 1.807) is 24.3 Å². The molecule has 0 amide bonds. The van der Waals surface area contributed by atoms with Crippen LogP contribution in [0, 0.1) is 0 Å². The van der Waals surface area contributed by atoms with Gasteiger partial charge >= 0.3 is 0 Å². The molecule has 2 rings (SSSR count). The van der Waals surface area contributed by atoms with Crippen LogP contribution in [0.15, 0.2) is 24.3 Å². The fourth-order valence-electron chi connectivity index (χ4n) is 1.54. The molecule has 2 aromatic rings. The number of nitrogens with two attached hydrogens (primary N) is 1. The Hall–Kier alpha value is -1.29. The minimum Gasteiger partial charge on any atom is -0.384 e. The van der Waals surface area contributed by atoms with Gasteiger partial charge in [-0.15, -0.1) is 0 Å². The minimum atomic E-state index is 0.226. The number of halogens is 3. The minimum absolute atomic E-state index is 0.226. The van der Waals surface area contributed by atoms with Crippen molar-refractivity contribution < 1.29 is 4.79 Å². The van der Waals surface area contributed by atoms with Crippen molar-refractivity contribution in [3.8, 4) is 11.1 Å². The fraction of sp³-hybridized carbons (Fsp3) is 0. The Kier molecular flexibility index (Phi) is 3.76. The van der Waals surface area contributed by atoms with E-state index >= 15 is 0 Å². The molecule has 92 valence electrons. The summed E-state index contributed by atoms with van der Waals surface area (Å²) in [7, 11) is 0. The first-order valence-electron chi connectivity index (χ1n) is 4.89. The lowest BCUT2D eigenvalue weighted by atomic mass is 10.0. The van der Waals surface area contributed by atoms with Crippen LogP contribution >= 0.6 is 34.8 Å². The van der Waals surface area contributed by atoms with E-state index in [1.807, 2.05) is 0 Å². The summed E-state index contributed by atoms with van der Waals surface area (Å²) in [4.78, 5) is 14.9. The van der Waals surface area contributed by atoms with Crippen LogP contribution in [-0.4, -0.2) is 11.3 Å². The Morgan fingerprint density at radius 2 is 1.72 bits per heavy atom. The predicted molar refractivity (Wildman–Crippen MR) is 74.5 cm³/mol. The first-order chi connectivity index (χ1) is 8.52. The smallest absolute Gasteiger partial charge is 0.169 e. The number of hydrogen-bond donors (Lipinski definition) is 1. The van der Waals surface area contributed by atoms with Crippen LogP contribution in [0.3, 0.4) is 0 Å². The van der Waals surface area contributed by atoms with Crippen LogP contribution in [0.1, 0.15) is 10.5 Å². The molecule has 1 aromatic carbocycles. The summed E-state index contributed by atoms with van der Waals surface area (Å²) in [6.07, 6.45) is 0.627. The molecule has 0 aliphatic heterocycles. The molecule has 0 unspecified atom stereocenters. The average Bonchev–Trinajstić information content (AvgIpc) is 2.35. The maximum absolute atomic E-state index is 11.0. The largest absolute Gasteiger partial charge is 0.384 e. The summed E-state index contributed by atoms with van der Waals surface area (Å²) in [5.74, 6) is 0.270. The Morgan fingerprint density at radius 3 is 2.28 bits per heavy atom. The van der Waals surface area contributed by atoms with Crippen molar-refractivity contribution >= 4 is 46.9 Å². The van der Waals surface area contributed by atoms with Crippen LogP contribution in [0.2, 0.25) is 15.1 Å². The summed E-state index contributed by atoms with van der Waals surface area (Å²) in [5.41, 5.74) is 7.00. The van der Waals surface area contributed by atoms with Crippen molar-refractivity contribution in [3.63, 3.8) is 0 Å². The van der Waals surface area contributed by atoms with Gasteiger partial charge in [-0.3, -0.25) is 4.79 Å². The van der Waals surface area contributed by atoms with Gasteiger partial charge in [-0.2, -0.15) is 0 Å². The molecule has 0 aliphatic rings. The fourth-order valence-corrected chi connectivity index (χ4v) is 2.13. The lowest BCUT2D eigenvalue weighted by molar-refractivity contribution is 0.112. The van der Waals surface area contributed by atoms with E-state index in [-0.39, 0.29) is 16.5 Å². The van der Waals surface area contributed by atoms with Gasteiger partial charge in [-0.25, -0.2) is 4.98 Å². The molecule has 0 fully saturated rings. The molecule has 0 saturated heterocycles. The highest BCUT2D eigenvalue weighted by Crippen LogP contribution is 2.35. The number of aromatic nitrogens is 1. The Bertz CT molecular complexity index is 606. The molecule has 0 atom stereocenters. The molecule has 1 aromatic heterocycles. The molecular weight excluding hydrogens is 295 g/mol. The number of nitrogens with zero attached hydrogens (tertiary/aromatic N) is 1. The molecule has 6 heteroatoms. The SMILES string of the molecule is Nc1ccc(-c2cc(Cl)c(Cl)c(Cl)c2)c(C=O)n1. The van der Waals surface area contributed by atoms with E-state index in [0.717, 1.165) is 0 Å². The number of carbonyl (C=O) groups excluding carboxylic acids is 1. The van der Waals surface area contributed by atoms with Gasteiger partial charge in [0.05, 0.1) is 15.1 Å². The second kappa shape index (κ2) is 5.14. The van der Waals surface area contributed by atoms with Gasteiger partial charge in [0.1, 0.15) is 11.5 Å². The molecule has 2 N–H and O–H groups in total. The third-order valence-electron chi connectivity index (χ3n) is 2.35. The highest BCUT2D eigenvalue weighted by Gasteiger charge is 2.11.